The van der Waals surface area contributed by atoms with Crippen molar-refractivity contribution < 1.29 is 14.3 Å². The summed E-state index contributed by atoms with van der Waals surface area (Å²) in [5.74, 6) is 0.826. The van der Waals surface area contributed by atoms with E-state index in [0.29, 0.717) is 0 Å². The minimum absolute atomic E-state index is 0.0376. The van der Waals surface area contributed by atoms with E-state index >= 15 is 0 Å². The molecule has 16 heavy (non-hydrogen) atoms. The molecule has 0 saturated heterocycles. The number of ketones is 1. The Morgan fingerprint density at radius 2 is 2.12 bits per heavy atom. The molecule has 0 aromatic heterocycles. The van der Waals surface area contributed by atoms with Gasteiger partial charge in [-0.25, -0.2) is 0 Å². The third-order valence-electron chi connectivity index (χ3n) is 3.84. The summed E-state index contributed by atoms with van der Waals surface area (Å²) in [6.07, 6.45) is 5.01. The predicted molar refractivity (Wildman–Crippen MR) is 59.5 cm³/mol. The molecule has 3 nitrogen and oxygen atoms in total. The summed E-state index contributed by atoms with van der Waals surface area (Å²) in [6.45, 7) is 5.19. The van der Waals surface area contributed by atoms with E-state index in [1.165, 1.54) is 6.92 Å². The summed E-state index contributed by atoms with van der Waals surface area (Å²) in [6, 6.07) is 0. The van der Waals surface area contributed by atoms with Gasteiger partial charge in [-0.2, -0.15) is 0 Å². The molecule has 1 fully saturated rings. The van der Waals surface area contributed by atoms with E-state index in [0.717, 1.165) is 25.0 Å². The Hall–Kier alpha value is -1.12. The fourth-order valence-electron chi connectivity index (χ4n) is 3.05. The highest BCUT2D eigenvalue weighted by molar-refractivity contribution is 5.79. The Morgan fingerprint density at radius 3 is 2.62 bits per heavy atom. The van der Waals surface area contributed by atoms with Gasteiger partial charge in [-0.1, -0.05) is 6.92 Å². The summed E-state index contributed by atoms with van der Waals surface area (Å²) in [5, 5.41) is 0. The molecule has 3 aliphatic carbocycles. The number of fused-ring (bicyclic) bond motifs is 2. The Bertz CT molecular complexity index is 369. The number of Topliss-reactive ketones (excluding diaryl/α,β-unsaturated/α-hetero) is 1. The SMILES string of the molecule is CC(=O)OC1=CC2(C)CCC1C(C(C)=O)C2. The van der Waals surface area contributed by atoms with Crippen molar-refractivity contribution in [3.8, 4) is 0 Å². The highest BCUT2D eigenvalue weighted by atomic mass is 16.5. The van der Waals surface area contributed by atoms with Crippen LogP contribution in [-0.2, 0) is 14.3 Å². The summed E-state index contributed by atoms with van der Waals surface area (Å²) in [7, 11) is 0. The van der Waals surface area contributed by atoms with Gasteiger partial charge in [-0.05, 0) is 37.7 Å². The monoisotopic (exact) mass is 222 g/mol. The maximum atomic E-state index is 11.6. The molecule has 3 aliphatic rings. The van der Waals surface area contributed by atoms with Crippen LogP contribution in [0.3, 0.4) is 0 Å². The molecule has 0 N–H and O–H groups in total. The van der Waals surface area contributed by atoms with Crippen molar-refractivity contribution in [2.45, 2.75) is 40.0 Å². The van der Waals surface area contributed by atoms with Crippen LogP contribution in [0.15, 0.2) is 11.8 Å². The van der Waals surface area contributed by atoms with Gasteiger partial charge in [0.05, 0.1) is 0 Å². The number of hydrogen-bond donors (Lipinski definition) is 0. The normalized spacial score (nSPS) is 36.8. The van der Waals surface area contributed by atoms with Crippen LogP contribution in [0.25, 0.3) is 0 Å². The second kappa shape index (κ2) is 3.72. The first-order valence-electron chi connectivity index (χ1n) is 5.83. The lowest BCUT2D eigenvalue weighted by Crippen LogP contribution is -2.41. The minimum atomic E-state index is -0.287. The molecule has 2 bridgehead atoms. The second-order valence-corrected chi connectivity index (χ2v) is 5.36. The highest BCUT2D eigenvalue weighted by Crippen LogP contribution is 2.52. The van der Waals surface area contributed by atoms with Gasteiger partial charge in [0.15, 0.2) is 0 Å². The Labute approximate surface area is 95.9 Å². The number of carbonyl (C=O) groups excluding carboxylic acids is 2. The minimum Gasteiger partial charge on any atom is -0.431 e. The summed E-state index contributed by atoms with van der Waals surface area (Å²) in [4.78, 5) is 22.6. The molecule has 0 radical (unpaired) electrons. The van der Waals surface area contributed by atoms with Gasteiger partial charge >= 0.3 is 5.97 Å². The molecule has 3 unspecified atom stereocenters. The maximum Gasteiger partial charge on any atom is 0.307 e. The van der Waals surface area contributed by atoms with Gasteiger partial charge in [0, 0.05) is 18.8 Å². The topological polar surface area (TPSA) is 43.4 Å². The van der Waals surface area contributed by atoms with Crippen molar-refractivity contribution >= 4 is 11.8 Å². The van der Waals surface area contributed by atoms with Gasteiger partial charge in [-0.3, -0.25) is 9.59 Å². The first-order chi connectivity index (χ1) is 7.41. The summed E-state index contributed by atoms with van der Waals surface area (Å²) >= 11 is 0. The average molecular weight is 222 g/mol. The standard InChI is InChI=1S/C13H18O3/c1-8(14)11-6-13(3)5-4-10(11)12(7-13)16-9(2)15/h7,10-11H,4-6H2,1-3H3. The molecule has 3 atom stereocenters. The van der Waals surface area contributed by atoms with E-state index in [1.807, 2.05) is 0 Å². The van der Waals surface area contributed by atoms with Crippen LogP contribution in [0.2, 0.25) is 0 Å². The van der Waals surface area contributed by atoms with Crippen LogP contribution < -0.4 is 0 Å². The molecule has 0 aromatic carbocycles. The lowest BCUT2D eigenvalue weighted by Gasteiger charge is -2.45. The largest absolute Gasteiger partial charge is 0.431 e. The van der Waals surface area contributed by atoms with Crippen LogP contribution in [-0.4, -0.2) is 11.8 Å². The molecule has 88 valence electrons. The molecule has 0 amide bonds. The molecular formula is C13H18O3. The molecule has 0 spiro atoms. The Balaban J connectivity index is 2.29. The zero-order valence-corrected chi connectivity index (χ0v) is 10.1. The number of ether oxygens (including phenoxy) is 1. The zero-order chi connectivity index (χ0) is 11.9. The van der Waals surface area contributed by atoms with E-state index in [-0.39, 0.29) is 29.0 Å². The van der Waals surface area contributed by atoms with E-state index in [1.54, 1.807) is 6.92 Å². The number of hydrogen-bond acceptors (Lipinski definition) is 3. The molecule has 3 rings (SSSR count). The second-order valence-electron chi connectivity index (χ2n) is 5.36. The number of esters is 1. The summed E-state index contributed by atoms with van der Waals surface area (Å²) < 4.78 is 5.24. The number of allylic oxidation sites excluding steroid dienone is 2. The molecule has 3 heteroatoms. The first kappa shape index (κ1) is 11.4. The Kier molecular flexibility index (Phi) is 2.64. The summed E-state index contributed by atoms with van der Waals surface area (Å²) in [5.41, 5.74) is 0.0376. The van der Waals surface area contributed by atoms with Crippen molar-refractivity contribution in [1.82, 2.24) is 0 Å². The molecule has 0 aliphatic heterocycles. The van der Waals surface area contributed by atoms with E-state index < -0.39 is 0 Å². The van der Waals surface area contributed by atoms with Crippen LogP contribution >= 0.6 is 0 Å². The smallest absolute Gasteiger partial charge is 0.307 e. The van der Waals surface area contributed by atoms with Gasteiger partial charge in [0.1, 0.15) is 11.5 Å². The van der Waals surface area contributed by atoms with Crippen LogP contribution in [0.4, 0.5) is 0 Å². The highest BCUT2D eigenvalue weighted by Gasteiger charge is 2.46. The van der Waals surface area contributed by atoms with Gasteiger partial charge < -0.3 is 4.74 Å². The number of rotatable bonds is 2. The number of carbonyl (C=O) groups is 2. The molecular weight excluding hydrogens is 204 g/mol. The average Bonchev–Trinajstić information content (AvgIpc) is 2.15. The van der Waals surface area contributed by atoms with Crippen molar-refractivity contribution in [1.29, 1.82) is 0 Å². The lowest BCUT2D eigenvalue weighted by molar-refractivity contribution is -0.141. The van der Waals surface area contributed by atoms with E-state index in [2.05, 4.69) is 13.0 Å². The quantitative estimate of drug-likeness (QED) is 0.674. The third kappa shape index (κ3) is 1.91. The predicted octanol–water partition coefficient (Wildman–Crippen LogP) is 2.46. The van der Waals surface area contributed by atoms with E-state index in [9.17, 15) is 9.59 Å². The first-order valence-corrected chi connectivity index (χ1v) is 5.83. The van der Waals surface area contributed by atoms with Gasteiger partial charge in [0.25, 0.3) is 0 Å². The lowest BCUT2D eigenvalue weighted by atomic mass is 9.59. The van der Waals surface area contributed by atoms with Gasteiger partial charge in [0.2, 0.25) is 0 Å². The van der Waals surface area contributed by atoms with Gasteiger partial charge in [-0.15, -0.1) is 0 Å². The third-order valence-corrected chi connectivity index (χ3v) is 3.84. The van der Waals surface area contributed by atoms with Crippen molar-refractivity contribution in [3.05, 3.63) is 11.8 Å². The van der Waals surface area contributed by atoms with E-state index in [4.69, 9.17) is 4.74 Å². The zero-order valence-electron chi connectivity index (χ0n) is 10.1. The van der Waals surface area contributed by atoms with Crippen molar-refractivity contribution in [3.63, 3.8) is 0 Å². The van der Waals surface area contributed by atoms with Crippen molar-refractivity contribution in [2.24, 2.45) is 17.3 Å². The van der Waals surface area contributed by atoms with Crippen LogP contribution in [0.1, 0.15) is 40.0 Å². The maximum absolute atomic E-state index is 11.6. The van der Waals surface area contributed by atoms with Crippen molar-refractivity contribution in [2.75, 3.05) is 0 Å². The fraction of sp³-hybridized carbons (Fsp3) is 0.692. The fourth-order valence-corrected chi connectivity index (χ4v) is 3.05. The molecule has 1 saturated carbocycles. The van der Waals surface area contributed by atoms with Crippen LogP contribution in [0.5, 0.6) is 0 Å². The van der Waals surface area contributed by atoms with Crippen LogP contribution in [0, 0.1) is 17.3 Å². The molecule has 0 aromatic rings. The molecule has 0 heterocycles. The Morgan fingerprint density at radius 1 is 1.44 bits per heavy atom.